The molecule has 2 amide bonds. The van der Waals surface area contributed by atoms with E-state index in [1.807, 2.05) is 0 Å². The second-order valence-electron chi connectivity index (χ2n) is 4.75. The van der Waals surface area contributed by atoms with Gasteiger partial charge in [0.05, 0.1) is 22.0 Å². The highest BCUT2D eigenvalue weighted by Gasteiger charge is 2.14. The first-order chi connectivity index (χ1) is 10.4. The first-order valence-corrected chi connectivity index (χ1v) is 7.22. The van der Waals surface area contributed by atoms with Crippen LogP contribution in [-0.2, 0) is 11.2 Å². The van der Waals surface area contributed by atoms with Gasteiger partial charge in [-0.25, -0.2) is 0 Å². The number of carbonyl (C=O) groups excluding carboxylic acids is 2. The first-order valence-electron chi connectivity index (χ1n) is 6.47. The van der Waals surface area contributed by atoms with E-state index in [4.69, 9.17) is 27.6 Å². The van der Waals surface area contributed by atoms with E-state index in [0.717, 1.165) is 0 Å². The lowest BCUT2D eigenvalue weighted by Crippen LogP contribution is -2.42. The fourth-order valence-corrected chi connectivity index (χ4v) is 2.25. The van der Waals surface area contributed by atoms with Gasteiger partial charge in [0.15, 0.2) is 0 Å². The molecule has 0 bridgehead atoms. The summed E-state index contributed by atoms with van der Waals surface area (Å²) in [6, 6.07) is 6.52. The van der Waals surface area contributed by atoms with Gasteiger partial charge in [-0.3, -0.25) is 20.4 Å². The van der Waals surface area contributed by atoms with E-state index >= 15 is 0 Å². The molecule has 0 aliphatic heterocycles. The van der Waals surface area contributed by atoms with Crippen LogP contribution in [0.4, 0.5) is 0 Å². The monoisotopic (exact) mass is 340 g/mol. The maximum absolute atomic E-state index is 11.9. The van der Waals surface area contributed by atoms with Gasteiger partial charge in [0.25, 0.3) is 5.91 Å². The van der Waals surface area contributed by atoms with Gasteiger partial charge < -0.3 is 4.42 Å². The Hall–Kier alpha value is -1.98. The molecule has 1 aromatic carbocycles. The van der Waals surface area contributed by atoms with Gasteiger partial charge in [-0.05, 0) is 37.6 Å². The second-order valence-corrected chi connectivity index (χ2v) is 5.57. The van der Waals surface area contributed by atoms with E-state index in [9.17, 15) is 9.59 Å². The summed E-state index contributed by atoms with van der Waals surface area (Å²) in [6.07, 6.45) is 0.0700. The van der Waals surface area contributed by atoms with Gasteiger partial charge in [0.2, 0.25) is 5.91 Å². The number of amides is 2. The van der Waals surface area contributed by atoms with Crippen LogP contribution in [0.2, 0.25) is 10.0 Å². The Bertz CT molecular complexity index is 726. The van der Waals surface area contributed by atoms with Crippen molar-refractivity contribution >= 4 is 35.0 Å². The van der Waals surface area contributed by atoms with Gasteiger partial charge in [-0.1, -0.05) is 29.3 Å². The molecule has 2 aromatic rings. The van der Waals surface area contributed by atoms with Gasteiger partial charge in [0.1, 0.15) is 11.5 Å². The van der Waals surface area contributed by atoms with Gasteiger partial charge in [-0.15, -0.1) is 0 Å². The molecule has 0 saturated heterocycles. The van der Waals surface area contributed by atoms with Crippen molar-refractivity contribution in [2.24, 2.45) is 0 Å². The van der Waals surface area contributed by atoms with E-state index in [0.29, 0.717) is 32.7 Å². The Labute approximate surface area is 137 Å². The maximum Gasteiger partial charge on any atom is 0.273 e. The Morgan fingerprint density at radius 1 is 1.09 bits per heavy atom. The van der Waals surface area contributed by atoms with E-state index < -0.39 is 5.91 Å². The number of carbonyl (C=O) groups is 2. The van der Waals surface area contributed by atoms with Crippen molar-refractivity contribution in [1.29, 1.82) is 0 Å². The molecular weight excluding hydrogens is 327 g/mol. The Morgan fingerprint density at radius 2 is 1.82 bits per heavy atom. The minimum Gasteiger partial charge on any atom is -0.466 e. The molecule has 0 saturated carbocycles. The van der Waals surface area contributed by atoms with Gasteiger partial charge in [-0.2, -0.15) is 0 Å². The van der Waals surface area contributed by atoms with E-state index in [1.165, 1.54) is 0 Å². The van der Waals surface area contributed by atoms with Crippen LogP contribution in [0.3, 0.4) is 0 Å². The summed E-state index contributed by atoms with van der Waals surface area (Å²) in [6.45, 7) is 3.42. The highest BCUT2D eigenvalue weighted by Crippen LogP contribution is 2.22. The number of benzene rings is 1. The summed E-state index contributed by atoms with van der Waals surface area (Å²) >= 11 is 11.7. The van der Waals surface area contributed by atoms with Crippen LogP contribution < -0.4 is 10.9 Å². The molecule has 7 heteroatoms. The van der Waals surface area contributed by atoms with E-state index in [-0.39, 0.29) is 12.3 Å². The minimum atomic E-state index is -0.433. The van der Waals surface area contributed by atoms with Crippen LogP contribution in [0, 0.1) is 13.8 Å². The number of rotatable bonds is 3. The fourth-order valence-electron chi connectivity index (χ4n) is 1.93. The molecule has 0 aliphatic carbocycles. The predicted molar refractivity (Wildman–Crippen MR) is 84.0 cm³/mol. The lowest BCUT2D eigenvalue weighted by Gasteiger charge is -2.07. The number of hydrazine groups is 1. The SMILES string of the molecule is Cc1cc(C(=O)NNC(=O)Cc2ccc(Cl)c(Cl)c2)c(C)o1. The zero-order valence-corrected chi connectivity index (χ0v) is 13.5. The molecule has 0 spiro atoms. The molecule has 2 rings (SSSR count). The van der Waals surface area contributed by atoms with Gasteiger partial charge in [0, 0.05) is 0 Å². The third-order valence-electron chi connectivity index (χ3n) is 2.95. The second kappa shape index (κ2) is 6.85. The maximum atomic E-state index is 11.9. The van der Waals surface area contributed by atoms with Crippen LogP contribution in [0.1, 0.15) is 27.4 Å². The molecule has 1 heterocycles. The van der Waals surface area contributed by atoms with E-state index in [1.54, 1.807) is 38.1 Å². The largest absolute Gasteiger partial charge is 0.466 e. The topological polar surface area (TPSA) is 71.3 Å². The average Bonchev–Trinajstić information content (AvgIpc) is 2.79. The molecule has 1 aromatic heterocycles. The molecule has 0 unspecified atom stereocenters. The zero-order chi connectivity index (χ0) is 16.3. The molecule has 0 aliphatic rings. The number of halogens is 2. The summed E-state index contributed by atoms with van der Waals surface area (Å²) in [4.78, 5) is 23.7. The third kappa shape index (κ3) is 4.02. The number of aryl methyl sites for hydroxylation is 2. The number of hydrogen-bond acceptors (Lipinski definition) is 3. The van der Waals surface area contributed by atoms with Crippen molar-refractivity contribution in [1.82, 2.24) is 10.9 Å². The van der Waals surface area contributed by atoms with Crippen LogP contribution in [0.15, 0.2) is 28.7 Å². The smallest absolute Gasteiger partial charge is 0.273 e. The van der Waals surface area contributed by atoms with Crippen LogP contribution >= 0.6 is 23.2 Å². The normalized spacial score (nSPS) is 10.4. The molecule has 22 heavy (non-hydrogen) atoms. The summed E-state index contributed by atoms with van der Waals surface area (Å²) in [5, 5.41) is 0.797. The van der Waals surface area contributed by atoms with Crippen molar-refractivity contribution in [3.8, 4) is 0 Å². The number of nitrogens with one attached hydrogen (secondary N) is 2. The Kier molecular flexibility index (Phi) is 5.11. The van der Waals surface area contributed by atoms with Crippen molar-refractivity contribution in [3.63, 3.8) is 0 Å². The summed E-state index contributed by atoms with van der Waals surface area (Å²) in [7, 11) is 0. The Morgan fingerprint density at radius 3 is 2.41 bits per heavy atom. The lowest BCUT2D eigenvalue weighted by molar-refractivity contribution is -0.121. The van der Waals surface area contributed by atoms with Crippen molar-refractivity contribution < 1.29 is 14.0 Å². The number of hydrogen-bond donors (Lipinski definition) is 2. The van der Waals surface area contributed by atoms with Crippen LogP contribution in [0.25, 0.3) is 0 Å². The molecule has 116 valence electrons. The first kappa shape index (κ1) is 16.4. The fraction of sp³-hybridized carbons (Fsp3) is 0.200. The minimum absolute atomic E-state index is 0.0700. The molecule has 2 N–H and O–H groups in total. The summed E-state index contributed by atoms with van der Waals surface area (Å²) < 4.78 is 5.26. The molecule has 0 radical (unpaired) electrons. The highest BCUT2D eigenvalue weighted by atomic mass is 35.5. The van der Waals surface area contributed by atoms with Gasteiger partial charge >= 0.3 is 0 Å². The third-order valence-corrected chi connectivity index (χ3v) is 3.69. The molecule has 0 fully saturated rings. The molecular formula is C15H14Cl2N2O3. The highest BCUT2D eigenvalue weighted by molar-refractivity contribution is 6.42. The number of furan rings is 1. The quantitative estimate of drug-likeness (QED) is 0.842. The van der Waals surface area contributed by atoms with Crippen LogP contribution in [-0.4, -0.2) is 11.8 Å². The summed E-state index contributed by atoms with van der Waals surface area (Å²) in [5.74, 6) is 0.319. The molecule has 5 nitrogen and oxygen atoms in total. The predicted octanol–water partition coefficient (Wildman–Crippen LogP) is 3.21. The van der Waals surface area contributed by atoms with Crippen molar-refractivity contribution in [2.45, 2.75) is 20.3 Å². The Balaban J connectivity index is 1.91. The summed E-state index contributed by atoms with van der Waals surface area (Å²) in [5.41, 5.74) is 5.76. The lowest BCUT2D eigenvalue weighted by atomic mass is 10.1. The van der Waals surface area contributed by atoms with Crippen LogP contribution in [0.5, 0.6) is 0 Å². The van der Waals surface area contributed by atoms with Crippen molar-refractivity contribution in [3.05, 3.63) is 57.0 Å². The molecule has 0 atom stereocenters. The zero-order valence-electron chi connectivity index (χ0n) is 12.0. The average molecular weight is 341 g/mol. The van der Waals surface area contributed by atoms with E-state index in [2.05, 4.69) is 10.9 Å². The van der Waals surface area contributed by atoms with Crippen molar-refractivity contribution in [2.75, 3.05) is 0 Å². The standard InChI is InChI=1S/C15H14Cl2N2O3/c1-8-5-11(9(2)22-8)15(21)19-18-14(20)7-10-3-4-12(16)13(17)6-10/h3-6H,7H2,1-2H3,(H,18,20)(H,19,21).